The second-order valence-corrected chi connectivity index (χ2v) is 8.88. The van der Waals surface area contributed by atoms with Crippen molar-refractivity contribution in [1.82, 2.24) is 14.8 Å². The lowest BCUT2D eigenvalue weighted by Gasteiger charge is -2.28. The quantitative estimate of drug-likeness (QED) is 0.387. The van der Waals surface area contributed by atoms with Gasteiger partial charge in [-0.15, -0.1) is 5.10 Å². The SMILES string of the molecule is CCOC(=O)C1=C(C)Nc2nc(SCc3ccc(C)cc3C)nn2[C@@H]1c1ccc(OC)cc1. The van der Waals surface area contributed by atoms with Crippen LogP contribution in [0.4, 0.5) is 5.95 Å². The molecule has 1 N–H and O–H groups in total. The van der Waals surface area contributed by atoms with Crippen molar-refractivity contribution in [2.75, 3.05) is 19.0 Å². The maximum atomic E-state index is 12.9. The number of aromatic nitrogens is 3. The van der Waals surface area contributed by atoms with E-state index in [1.165, 1.54) is 16.7 Å². The van der Waals surface area contributed by atoms with Crippen molar-refractivity contribution in [3.63, 3.8) is 0 Å². The van der Waals surface area contributed by atoms with Crippen molar-refractivity contribution in [3.8, 4) is 5.75 Å². The van der Waals surface area contributed by atoms with E-state index >= 15 is 0 Å². The summed E-state index contributed by atoms with van der Waals surface area (Å²) >= 11 is 1.57. The van der Waals surface area contributed by atoms with E-state index in [0.717, 1.165) is 17.1 Å². The van der Waals surface area contributed by atoms with E-state index in [4.69, 9.17) is 19.6 Å². The van der Waals surface area contributed by atoms with Crippen LogP contribution in [0.1, 0.15) is 42.1 Å². The Bertz CT molecular complexity index is 1200. The number of nitrogens with zero attached hydrogens (tertiary/aromatic N) is 3. The minimum atomic E-state index is -0.450. The van der Waals surface area contributed by atoms with E-state index in [-0.39, 0.29) is 5.97 Å². The number of fused-ring (bicyclic) bond motifs is 1. The molecule has 0 amide bonds. The first kappa shape index (κ1) is 22.9. The van der Waals surface area contributed by atoms with Crippen molar-refractivity contribution >= 4 is 23.7 Å². The number of anilines is 1. The highest BCUT2D eigenvalue weighted by molar-refractivity contribution is 7.98. The average molecular weight is 465 g/mol. The summed E-state index contributed by atoms with van der Waals surface area (Å²) in [5.74, 6) is 1.74. The molecule has 0 saturated heterocycles. The average Bonchev–Trinajstić information content (AvgIpc) is 3.20. The van der Waals surface area contributed by atoms with Crippen LogP contribution in [0, 0.1) is 13.8 Å². The van der Waals surface area contributed by atoms with Crippen LogP contribution in [0.5, 0.6) is 5.75 Å². The van der Waals surface area contributed by atoms with Crippen molar-refractivity contribution < 1.29 is 14.3 Å². The molecule has 33 heavy (non-hydrogen) atoms. The Labute approximate surface area is 198 Å². The maximum Gasteiger partial charge on any atom is 0.338 e. The molecule has 2 heterocycles. The Morgan fingerprint density at radius 3 is 2.58 bits per heavy atom. The molecule has 4 rings (SSSR count). The number of aryl methyl sites for hydroxylation is 2. The predicted molar refractivity (Wildman–Crippen MR) is 130 cm³/mol. The lowest BCUT2D eigenvalue weighted by atomic mass is 9.96. The smallest absolute Gasteiger partial charge is 0.338 e. The Balaban J connectivity index is 1.68. The fourth-order valence-corrected chi connectivity index (χ4v) is 4.82. The molecule has 3 aromatic rings. The molecule has 0 bridgehead atoms. The monoisotopic (exact) mass is 464 g/mol. The minimum Gasteiger partial charge on any atom is -0.497 e. The number of nitrogens with one attached hydrogen (secondary N) is 1. The van der Waals surface area contributed by atoms with Crippen LogP contribution in [0.15, 0.2) is 58.9 Å². The molecule has 1 atom stereocenters. The molecule has 1 aromatic heterocycles. The van der Waals surface area contributed by atoms with Gasteiger partial charge in [0.2, 0.25) is 11.1 Å². The van der Waals surface area contributed by atoms with Gasteiger partial charge in [0.15, 0.2) is 0 Å². The fraction of sp³-hybridized carbons (Fsp3) is 0.320. The number of hydrogen-bond acceptors (Lipinski definition) is 7. The molecule has 0 radical (unpaired) electrons. The lowest BCUT2D eigenvalue weighted by molar-refractivity contribution is -0.139. The third kappa shape index (κ3) is 4.75. The van der Waals surface area contributed by atoms with Gasteiger partial charge in [0, 0.05) is 11.4 Å². The number of methoxy groups -OCH3 is 1. The number of hydrogen-bond donors (Lipinski definition) is 1. The summed E-state index contributed by atoms with van der Waals surface area (Å²) in [4.78, 5) is 17.6. The standard InChI is InChI=1S/C25H28N4O3S/c1-6-32-23(30)21-17(4)26-24-27-25(33-14-19-8-7-15(2)13-16(19)3)28-29(24)22(21)18-9-11-20(31-5)12-10-18/h7-13,22H,6,14H2,1-5H3,(H,26,27,28)/t22-/m1/s1. The number of ether oxygens (including phenoxy) is 2. The van der Waals surface area contributed by atoms with Crippen LogP contribution in [0.25, 0.3) is 0 Å². The zero-order valence-electron chi connectivity index (χ0n) is 19.5. The molecule has 8 heteroatoms. The number of benzene rings is 2. The van der Waals surface area contributed by atoms with Crippen molar-refractivity contribution in [1.29, 1.82) is 0 Å². The van der Waals surface area contributed by atoms with Crippen molar-refractivity contribution in [2.45, 2.75) is 44.6 Å². The molecule has 1 aliphatic heterocycles. The van der Waals surface area contributed by atoms with Crippen molar-refractivity contribution in [2.24, 2.45) is 0 Å². The first-order valence-electron chi connectivity index (χ1n) is 10.9. The van der Waals surface area contributed by atoms with Gasteiger partial charge in [0.05, 0.1) is 19.3 Å². The van der Waals surface area contributed by atoms with Gasteiger partial charge in [-0.2, -0.15) is 4.98 Å². The van der Waals surface area contributed by atoms with E-state index in [0.29, 0.717) is 29.0 Å². The highest BCUT2D eigenvalue weighted by atomic mass is 32.2. The molecule has 0 fully saturated rings. The first-order valence-corrected chi connectivity index (χ1v) is 11.8. The highest BCUT2D eigenvalue weighted by Crippen LogP contribution is 2.37. The lowest BCUT2D eigenvalue weighted by Crippen LogP contribution is -2.29. The third-order valence-corrected chi connectivity index (χ3v) is 6.50. The van der Waals surface area contributed by atoms with Gasteiger partial charge in [-0.1, -0.05) is 47.7 Å². The van der Waals surface area contributed by atoms with E-state index in [1.807, 2.05) is 31.2 Å². The Hall–Kier alpha value is -3.26. The van der Waals surface area contributed by atoms with Crippen LogP contribution in [-0.2, 0) is 15.3 Å². The number of allylic oxidation sites excluding steroid dienone is 1. The molecule has 0 aliphatic carbocycles. The molecule has 0 unspecified atom stereocenters. The van der Waals surface area contributed by atoms with Gasteiger partial charge < -0.3 is 14.8 Å². The highest BCUT2D eigenvalue weighted by Gasteiger charge is 2.35. The van der Waals surface area contributed by atoms with E-state index in [9.17, 15) is 4.79 Å². The summed E-state index contributed by atoms with van der Waals surface area (Å²) in [6.07, 6.45) is 0. The van der Waals surface area contributed by atoms with Gasteiger partial charge in [0.25, 0.3) is 0 Å². The largest absolute Gasteiger partial charge is 0.497 e. The molecule has 0 saturated carbocycles. The molecule has 172 valence electrons. The number of rotatable bonds is 7. The second-order valence-electron chi connectivity index (χ2n) is 7.94. The summed E-state index contributed by atoms with van der Waals surface area (Å²) in [7, 11) is 1.63. The normalized spacial score (nSPS) is 15.1. The zero-order chi connectivity index (χ0) is 23.5. The summed E-state index contributed by atoms with van der Waals surface area (Å²) in [5.41, 5.74) is 5.88. The van der Waals surface area contributed by atoms with Gasteiger partial charge >= 0.3 is 5.97 Å². The maximum absolute atomic E-state index is 12.9. The van der Waals surface area contributed by atoms with Gasteiger partial charge in [-0.3, -0.25) is 0 Å². The van der Waals surface area contributed by atoms with Gasteiger partial charge in [-0.25, -0.2) is 9.48 Å². The molecule has 7 nitrogen and oxygen atoms in total. The first-order chi connectivity index (χ1) is 15.9. The van der Waals surface area contributed by atoms with Crippen LogP contribution in [0.3, 0.4) is 0 Å². The summed E-state index contributed by atoms with van der Waals surface area (Å²) < 4.78 is 12.4. The van der Waals surface area contributed by atoms with Crippen LogP contribution in [0.2, 0.25) is 0 Å². The topological polar surface area (TPSA) is 78.3 Å². The zero-order valence-corrected chi connectivity index (χ0v) is 20.3. The Kier molecular flexibility index (Phi) is 6.74. The summed E-state index contributed by atoms with van der Waals surface area (Å²) in [5, 5.41) is 8.66. The molecule has 0 spiro atoms. The van der Waals surface area contributed by atoms with Crippen LogP contribution < -0.4 is 10.1 Å². The third-order valence-electron chi connectivity index (χ3n) is 5.61. The number of carbonyl (C=O) groups excluding carboxylic acids is 1. The van der Waals surface area contributed by atoms with E-state index in [2.05, 4.69) is 37.4 Å². The van der Waals surface area contributed by atoms with Gasteiger partial charge in [0.1, 0.15) is 11.8 Å². The predicted octanol–water partition coefficient (Wildman–Crippen LogP) is 5.05. The number of thioether (sulfide) groups is 1. The fourth-order valence-electron chi connectivity index (χ4n) is 3.91. The van der Waals surface area contributed by atoms with Crippen LogP contribution in [-0.4, -0.2) is 34.5 Å². The number of esters is 1. The molecule has 1 aliphatic rings. The Morgan fingerprint density at radius 1 is 1.15 bits per heavy atom. The summed E-state index contributed by atoms with van der Waals surface area (Å²) in [6, 6.07) is 13.6. The number of carbonyl (C=O) groups is 1. The molecular formula is C25H28N4O3S. The summed E-state index contributed by atoms with van der Waals surface area (Å²) in [6.45, 7) is 8.18. The van der Waals surface area contributed by atoms with E-state index in [1.54, 1.807) is 30.5 Å². The second kappa shape index (κ2) is 9.70. The van der Waals surface area contributed by atoms with Crippen LogP contribution >= 0.6 is 11.8 Å². The molecular weight excluding hydrogens is 436 g/mol. The minimum absolute atomic E-state index is 0.298. The molecule has 2 aromatic carbocycles. The van der Waals surface area contributed by atoms with Crippen molar-refractivity contribution in [3.05, 3.63) is 76.0 Å². The van der Waals surface area contributed by atoms with E-state index < -0.39 is 6.04 Å². The van der Waals surface area contributed by atoms with Gasteiger partial charge in [-0.05, 0) is 56.5 Å². The Morgan fingerprint density at radius 2 is 1.91 bits per heavy atom.